The molecule has 1 aromatic heterocycles. The van der Waals surface area contributed by atoms with E-state index in [2.05, 4.69) is 60.5 Å². The third kappa shape index (κ3) is 1.24. The molecule has 0 aliphatic carbocycles. The van der Waals surface area contributed by atoms with Gasteiger partial charge in [-0.1, -0.05) is 22.6 Å². The molecule has 2 atom stereocenters. The van der Waals surface area contributed by atoms with Crippen LogP contribution in [0, 0.1) is 0 Å². The molecule has 0 saturated carbocycles. The second-order valence-electron chi connectivity index (χ2n) is 2.46. The Morgan fingerprint density at radius 1 is 1.73 bits per heavy atom. The number of halogens is 2. The molecule has 1 aliphatic heterocycles. The average Bonchev–Trinajstić information content (AvgIpc) is 2.53. The highest BCUT2D eigenvalue weighted by Crippen LogP contribution is 2.48. The Bertz CT molecular complexity index is 251. The van der Waals surface area contributed by atoms with Gasteiger partial charge in [-0.05, 0) is 6.92 Å². The molecule has 0 bridgehead atoms. The zero-order valence-electron chi connectivity index (χ0n) is 5.79. The van der Waals surface area contributed by atoms with E-state index in [1.165, 1.54) is 10.6 Å². The molecule has 1 aromatic rings. The maximum atomic E-state index is 4.34. The Morgan fingerprint density at radius 3 is 3.09 bits per heavy atom. The number of alkyl halides is 1. The maximum absolute atomic E-state index is 4.34. The van der Waals surface area contributed by atoms with E-state index < -0.39 is 0 Å². The van der Waals surface area contributed by atoms with Gasteiger partial charge >= 0.3 is 0 Å². The minimum Gasteiger partial charge on any atom is -0.247 e. The topological polar surface area (TPSA) is 16.1 Å². The summed E-state index contributed by atoms with van der Waals surface area (Å²) in [5.41, 5.74) is 3.20. The summed E-state index contributed by atoms with van der Waals surface area (Å²) in [5, 5.41) is 0. The summed E-state index contributed by atoms with van der Waals surface area (Å²) in [6, 6.07) is 0.542. The molecule has 0 spiro atoms. The summed E-state index contributed by atoms with van der Waals surface area (Å²) in [5.74, 6) is 0. The van der Waals surface area contributed by atoms with Crippen LogP contribution in [0.5, 0.6) is 0 Å². The van der Waals surface area contributed by atoms with Crippen LogP contribution in [0.2, 0.25) is 0 Å². The molecule has 11 heavy (non-hydrogen) atoms. The smallest absolute Gasteiger partial charge is 0.115 e. The van der Waals surface area contributed by atoms with Crippen molar-refractivity contribution < 1.29 is 0 Å². The largest absolute Gasteiger partial charge is 0.247 e. The Morgan fingerprint density at radius 2 is 2.45 bits per heavy atom. The van der Waals surface area contributed by atoms with Crippen molar-refractivity contribution in [2.75, 3.05) is 0 Å². The molecule has 0 saturated heterocycles. The van der Waals surface area contributed by atoms with Gasteiger partial charge in [0, 0.05) is 27.7 Å². The monoisotopic (exact) mass is 392 g/mol. The van der Waals surface area contributed by atoms with Crippen LogP contribution in [0.1, 0.15) is 27.6 Å². The Labute approximate surface area is 97.0 Å². The summed E-state index contributed by atoms with van der Waals surface area (Å²) < 4.78 is 2.77. The first kappa shape index (κ1) is 8.64. The third-order valence-corrected chi connectivity index (χ3v) is 6.48. The van der Waals surface area contributed by atoms with Crippen LogP contribution in [-0.2, 0) is 0 Å². The van der Waals surface area contributed by atoms with Crippen molar-refractivity contribution >= 4 is 56.8 Å². The average molecular weight is 392 g/mol. The lowest BCUT2D eigenvalue weighted by Crippen LogP contribution is -2.07. The minimum atomic E-state index is 0.462. The van der Waals surface area contributed by atoms with Crippen LogP contribution in [-0.4, -0.2) is 8.10 Å². The van der Waals surface area contributed by atoms with E-state index in [0.29, 0.717) is 10.1 Å². The van der Waals surface area contributed by atoms with Gasteiger partial charge in [-0.3, -0.25) is 0 Å². The van der Waals surface area contributed by atoms with Gasteiger partial charge in [0.15, 0.2) is 0 Å². The van der Waals surface area contributed by atoms with Crippen LogP contribution >= 0.6 is 56.8 Å². The molecule has 0 N–H and O–H groups in total. The zero-order chi connectivity index (χ0) is 8.01. The van der Waals surface area contributed by atoms with Gasteiger partial charge < -0.3 is 0 Å². The predicted molar refractivity (Wildman–Crippen MR) is 63.1 cm³/mol. The number of nitrogens with zero attached hydrogens (tertiary/aromatic N) is 2. The molecule has 0 amide bonds. The highest BCUT2D eigenvalue weighted by atomic mass is 127. The van der Waals surface area contributed by atoms with Gasteiger partial charge in [0.25, 0.3) is 0 Å². The lowest BCUT2D eigenvalue weighted by Gasteiger charge is -2.15. The number of hydrogen-bond acceptors (Lipinski definition) is 3. The van der Waals surface area contributed by atoms with E-state index in [0.717, 1.165) is 0 Å². The molecule has 2 rings (SSSR count). The second kappa shape index (κ2) is 3.08. The summed E-state index contributed by atoms with van der Waals surface area (Å²) in [6.07, 6.45) is 0. The normalized spacial score (nSPS) is 30.8. The Hall–Kier alpha value is 1.05. The van der Waals surface area contributed by atoms with E-state index in [9.17, 15) is 0 Å². The first-order valence-electron chi connectivity index (χ1n) is 3.23. The molecule has 60 valence electrons. The van der Waals surface area contributed by atoms with Gasteiger partial charge in [0.05, 0.1) is 17.2 Å². The van der Waals surface area contributed by atoms with Crippen LogP contribution in [0.4, 0.5) is 0 Å². The summed E-state index contributed by atoms with van der Waals surface area (Å²) in [7, 11) is 0. The number of rotatable bonds is 0. The summed E-state index contributed by atoms with van der Waals surface area (Å²) in [4.78, 5) is 5.77. The minimum absolute atomic E-state index is 0.462. The highest BCUT2D eigenvalue weighted by molar-refractivity contribution is 14.1. The first-order chi connectivity index (χ1) is 5.22. The van der Waals surface area contributed by atoms with Crippen molar-refractivity contribution in [2.45, 2.75) is 17.0 Å². The summed E-state index contributed by atoms with van der Waals surface area (Å²) >= 11 is 6.56. The molecule has 1 aliphatic rings. The third-order valence-electron chi connectivity index (χ3n) is 1.82. The van der Waals surface area contributed by atoms with Crippen molar-refractivity contribution in [1.29, 1.82) is 0 Å². The lowest BCUT2D eigenvalue weighted by molar-refractivity contribution is 0.461. The van der Waals surface area contributed by atoms with Gasteiger partial charge in [0.2, 0.25) is 0 Å². The molecule has 0 fully saturated rings. The number of thiazole rings is 1. The fraction of sp³-hybridized carbons (Fsp3) is 0.500. The van der Waals surface area contributed by atoms with Crippen LogP contribution in [0.3, 0.4) is 0 Å². The second-order valence-corrected chi connectivity index (χ2v) is 5.64. The van der Waals surface area contributed by atoms with Crippen molar-refractivity contribution in [3.05, 3.63) is 16.1 Å². The quantitative estimate of drug-likeness (QED) is 0.292. The van der Waals surface area contributed by atoms with Crippen molar-refractivity contribution in [3.8, 4) is 0 Å². The number of aromatic nitrogens is 1. The van der Waals surface area contributed by atoms with Gasteiger partial charge in [0.1, 0.15) is 4.05 Å². The van der Waals surface area contributed by atoms with Crippen molar-refractivity contribution in [3.63, 3.8) is 0 Å². The number of fused-ring (bicyclic) bond motifs is 1. The van der Waals surface area contributed by atoms with E-state index in [4.69, 9.17) is 0 Å². The van der Waals surface area contributed by atoms with E-state index >= 15 is 0 Å². The van der Waals surface area contributed by atoms with Crippen LogP contribution < -0.4 is 0 Å². The molecular formula is C6H6I2N2S. The lowest BCUT2D eigenvalue weighted by atomic mass is 10.3. The van der Waals surface area contributed by atoms with Crippen LogP contribution in [0.25, 0.3) is 0 Å². The highest BCUT2D eigenvalue weighted by Gasteiger charge is 2.35. The molecule has 2 heterocycles. The first-order valence-corrected chi connectivity index (χ1v) is 6.32. The Balaban J connectivity index is 2.48. The van der Waals surface area contributed by atoms with Gasteiger partial charge in [-0.15, -0.1) is 11.3 Å². The standard InChI is InChI=1S/C6H6I2N2S/c1-3-5-4(9-2-11-5)6(7)10(3)8/h2-3,6H,1H3. The van der Waals surface area contributed by atoms with E-state index in [1.807, 2.05) is 5.51 Å². The van der Waals surface area contributed by atoms with Crippen molar-refractivity contribution in [2.24, 2.45) is 0 Å². The maximum Gasteiger partial charge on any atom is 0.115 e. The van der Waals surface area contributed by atoms with Gasteiger partial charge in [-0.25, -0.2) is 8.10 Å². The SMILES string of the molecule is CC1c2scnc2C(I)N1I. The van der Waals surface area contributed by atoms with E-state index in [1.54, 1.807) is 11.3 Å². The van der Waals surface area contributed by atoms with E-state index in [-0.39, 0.29) is 0 Å². The predicted octanol–water partition coefficient (Wildman–Crippen LogP) is 3.30. The summed E-state index contributed by atoms with van der Waals surface area (Å²) in [6.45, 7) is 2.22. The van der Waals surface area contributed by atoms with Crippen LogP contribution in [0.15, 0.2) is 5.51 Å². The Kier molecular flexibility index (Phi) is 2.42. The van der Waals surface area contributed by atoms with Crippen molar-refractivity contribution in [1.82, 2.24) is 8.10 Å². The molecule has 5 heteroatoms. The molecular weight excluding hydrogens is 386 g/mol. The fourth-order valence-electron chi connectivity index (χ4n) is 1.18. The molecule has 0 radical (unpaired) electrons. The molecule has 0 aromatic carbocycles. The molecule has 2 unspecified atom stereocenters. The number of hydrogen-bond donors (Lipinski definition) is 0. The fourth-order valence-corrected chi connectivity index (χ4v) is 3.98. The molecule has 2 nitrogen and oxygen atoms in total. The van der Waals surface area contributed by atoms with Gasteiger partial charge in [-0.2, -0.15) is 0 Å². The zero-order valence-corrected chi connectivity index (χ0v) is 10.9.